The highest BCUT2D eigenvalue weighted by Crippen LogP contribution is 2.29. The quantitative estimate of drug-likeness (QED) is 0.843. The van der Waals surface area contributed by atoms with Crippen molar-refractivity contribution in [2.24, 2.45) is 0 Å². The molecule has 0 bridgehead atoms. The molecule has 3 N–H and O–H groups in total. The molecule has 0 saturated heterocycles. The number of carboxylic acid groups (broad SMARTS) is 1. The van der Waals surface area contributed by atoms with Crippen LogP contribution in [0.5, 0.6) is 11.5 Å². The van der Waals surface area contributed by atoms with Gasteiger partial charge < -0.3 is 20.3 Å². The van der Waals surface area contributed by atoms with Crippen LogP contribution in [0.25, 0.3) is 0 Å². The Balaban J connectivity index is 1.68. The highest BCUT2D eigenvalue weighted by atomic mass is 16.5. The molecule has 3 rings (SSSR count). The van der Waals surface area contributed by atoms with Crippen molar-refractivity contribution in [3.05, 3.63) is 53.6 Å². The van der Waals surface area contributed by atoms with Crippen molar-refractivity contribution in [3.8, 4) is 11.5 Å². The van der Waals surface area contributed by atoms with Crippen LogP contribution in [0, 0.1) is 0 Å². The first-order chi connectivity index (χ1) is 10.1. The summed E-state index contributed by atoms with van der Waals surface area (Å²) in [6.07, 6.45) is 0.648. The standard InChI is InChI=1S/C16H15NO4/c17-11-5-6-15(13(8-11)16(18)19)20-9-12-7-10-3-1-2-4-14(10)21-12/h1-6,8,12H,7,9,17H2,(H,18,19). The van der Waals surface area contributed by atoms with E-state index in [4.69, 9.17) is 20.3 Å². The molecule has 1 atom stereocenters. The molecule has 5 nitrogen and oxygen atoms in total. The molecule has 1 aliphatic heterocycles. The molecule has 1 unspecified atom stereocenters. The van der Waals surface area contributed by atoms with Crippen LogP contribution in [-0.4, -0.2) is 23.8 Å². The SMILES string of the molecule is Nc1ccc(OCC2Cc3ccccc3O2)c(C(=O)O)c1. The van der Waals surface area contributed by atoms with E-state index in [2.05, 4.69) is 0 Å². The second-order valence-corrected chi connectivity index (χ2v) is 4.92. The number of hydrogen-bond donors (Lipinski definition) is 2. The summed E-state index contributed by atoms with van der Waals surface area (Å²) >= 11 is 0. The van der Waals surface area contributed by atoms with E-state index in [1.165, 1.54) is 6.07 Å². The van der Waals surface area contributed by atoms with Crippen molar-refractivity contribution < 1.29 is 19.4 Å². The molecule has 1 heterocycles. The van der Waals surface area contributed by atoms with Gasteiger partial charge in [0.2, 0.25) is 0 Å². The van der Waals surface area contributed by atoms with E-state index >= 15 is 0 Å². The molecule has 0 saturated carbocycles. The third-order valence-electron chi connectivity index (χ3n) is 3.37. The van der Waals surface area contributed by atoms with Gasteiger partial charge in [-0.25, -0.2) is 4.79 Å². The van der Waals surface area contributed by atoms with Crippen LogP contribution in [0.15, 0.2) is 42.5 Å². The molecule has 0 aliphatic carbocycles. The maximum atomic E-state index is 11.2. The molecule has 2 aromatic carbocycles. The minimum atomic E-state index is -1.06. The molecule has 0 radical (unpaired) electrons. The molecule has 0 spiro atoms. The first-order valence-corrected chi connectivity index (χ1v) is 6.63. The number of fused-ring (bicyclic) bond motifs is 1. The van der Waals surface area contributed by atoms with Crippen LogP contribution in [0.1, 0.15) is 15.9 Å². The summed E-state index contributed by atoms with van der Waals surface area (Å²) in [6.45, 7) is 0.291. The molecular weight excluding hydrogens is 270 g/mol. The Morgan fingerprint density at radius 1 is 1.33 bits per heavy atom. The molecule has 2 aromatic rings. The van der Waals surface area contributed by atoms with E-state index < -0.39 is 5.97 Å². The van der Waals surface area contributed by atoms with E-state index in [9.17, 15) is 4.79 Å². The summed E-state index contributed by atoms with van der Waals surface area (Å²) in [5, 5.41) is 9.16. The van der Waals surface area contributed by atoms with Gasteiger partial charge in [-0.05, 0) is 29.8 Å². The number of nitrogens with two attached hydrogens (primary N) is 1. The number of aromatic carboxylic acids is 1. The van der Waals surface area contributed by atoms with Crippen molar-refractivity contribution in [1.29, 1.82) is 0 Å². The van der Waals surface area contributed by atoms with E-state index in [1.807, 2.05) is 24.3 Å². The molecule has 21 heavy (non-hydrogen) atoms. The van der Waals surface area contributed by atoms with Crippen LogP contribution < -0.4 is 15.2 Å². The Bertz CT molecular complexity index is 659. The first-order valence-electron chi connectivity index (χ1n) is 6.63. The summed E-state index contributed by atoms with van der Waals surface area (Å²) in [6, 6.07) is 12.4. The minimum Gasteiger partial charge on any atom is -0.489 e. The number of carbonyl (C=O) groups is 1. The number of ether oxygens (including phenoxy) is 2. The zero-order valence-corrected chi connectivity index (χ0v) is 11.3. The third-order valence-corrected chi connectivity index (χ3v) is 3.37. The second-order valence-electron chi connectivity index (χ2n) is 4.92. The highest BCUT2D eigenvalue weighted by molar-refractivity contribution is 5.92. The predicted molar refractivity (Wildman–Crippen MR) is 77.9 cm³/mol. The average Bonchev–Trinajstić information content (AvgIpc) is 2.88. The number of anilines is 1. The van der Waals surface area contributed by atoms with E-state index in [0.29, 0.717) is 18.0 Å². The second kappa shape index (κ2) is 5.36. The zero-order chi connectivity index (χ0) is 14.8. The summed E-state index contributed by atoms with van der Waals surface area (Å²) in [5.41, 5.74) is 7.19. The Kier molecular flexibility index (Phi) is 3.39. The monoisotopic (exact) mass is 285 g/mol. The van der Waals surface area contributed by atoms with Gasteiger partial charge in [0, 0.05) is 12.1 Å². The van der Waals surface area contributed by atoms with Gasteiger partial charge in [-0.3, -0.25) is 0 Å². The smallest absolute Gasteiger partial charge is 0.339 e. The number of rotatable bonds is 4. The highest BCUT2D eigenvalue weighted by Gasteiger charge is 2.23. The Labute approximate surface area is 121 Å². The Hall–Kier alpha value is -2.69. The molecule has 0 fully saturated rings. The lowest BCUT2D eigenvalue weighted by molar-refractivity contribution is 0.0688. The number of nitrogen functional groups attached to an aromatic ring is 1. The Morgan fingerprint density at radius 2 is 2.14 bits per heavy atom. The summed E-state index contributed by atoms with van der Waals surface area (Å²) < 4.78 is 11.4. The third kappa shape index (κ3) is 2.76. The number of carboxylic acids is 1. The number of benzene rings is 2. The fourth-order valence-electron chi connectivity index (χ4n) is 2.37. The lowest BCUT2D eigenvalue weighted by Crippen LogP contribution is -2.23. The summed E-state index contributed by atoms with van der Waals surface area (Å²) in [7, 11) is 0. The first kappa shape index (κ1) is 13.3. The lowest BCUT2D eigenvalue weighted by Gasteiger charge is -2.14. The molecule has 108 valence electrons. The predicted octanol–water partition coefficient (Wildman–Crippen LogP) is 2.35. The van der Waals surface area contributed by atoms with Crippen molar-refractivity contribution in [3.63, 3.8) is 0 Å². The van der Waals surface area contributed by atoms with E-state index in [-0.39, 0.29) is 11.7 Å². The van der Waals surface area contributed by atoms with Crippen molar-refractivity contribution in [2.45, 2.75) is 12.5 Å². The molecule has 1 aliphatic rings. The topological polar surface area (TPSA) is 81.8 Å². The van der Waals surface area contributed by atoms with Gasteiger partial charge in [-0.1, -0.05) is 18.2 Å². The molecule has 5 heteroatoms. The fraction of sp³-hybridized carbons (Fsp3) is 0.188. The molecule has 0 amide bonds. The van der Waals surface area contributed by atoms with Gasteiger partial charge in [0.25, 0.3) is 0 Å². The maximum Gasteiger partial charge on any atom is 0.339 e. The van der Waals surface area contributed by atoms with Gasteiger partial charge in [-0.2, -0.15) is 0 Å². The van der Waals surface area contributed by atoms with Gasteiger partial charge >= 0.3 is 5.97 Å². The average molecular weight is 285 g/mol. The number of para-hydroxylation sites is 1. The van der Waals surface area contributed by atoms with Crippen LogP contribution in [0.2, 0.25) is 0 Å². The van der Waals surface area contributed by atoms with Gasteiger partial charge in [0.15, 0.2) is 0 Å². The van der Waals surface area contributed by atoms with E-state index in [0.717, 1.165) is 17.7 Å². The van der Waals surface area contributed by atoms with Crippen molar-refractivity contribution in [1.82, 2.24) is 0 Å². The Morgan fingerprint density at radius 3 is 2.90 bits per heavy atom. The summed E-state index contributed by atoms with van der Waals surface area (Å²) in [5.74, 6) is 0.103. The zero-order valence-electron chi connectivity index (χ0n) is 11.3. The largest absolute Gasteiger partial charge is 0.489 e. The van der Waals surface area contributed by atoms with Gasteiger partial charge in [0.05, 0.1) is 0 Å². The van der Waals surface area contributed by atoms with Crippen molar-refractivity contribution >= 4 is 11.7 Å². The summed E-state index contributed by atoms with van der Waals surface area (Å²) in [4.78, 5) is 11.2. The normalized spacial score (nSPS) is 16.1. The van der Waals surface area contributed by atoms with Crippen LogP contribution >= 0.6 is 0 Å². The van der Waals surface area contributed by atoms with Gasteiger partial charge in [0.1, 0.15) is 29.8 Å². The van der Waals surface area contributed by atoms with Crippen LogP contribution in [0.3, 0.4) is 0 Å². The lowest BCUT2D eigenvalue weighted by atomic mass is 10.1. The maximum absolute atomic E-state index is 11.2. The van der Waals surface area contributed by atoms with Crippen LogP contribution in [0.4, 0.5) is 5.69 Å². The van der Waals surface area contributed by atoms with Crippen LogP contribution in [-0.2, 0) is 6.42 Å². The fourth-order valence-corrected chi connectivity index (χ4v) is 2.37. The number of hydrogen-bond acceptors (Lipinski definition) is 4. The van der Waals surface area contributed by atoms with Gasteiger partial charge in [-0.15, -0.1) is 0 Å². The minimum absolute atomic E-state index is 0.0607. The molecular formula is C16H15NO4. The van der Waals surface area contributed by atoms with E-state index in [1.54, 1.807) is 12.1 Å². The van der Waals surface area contributed by atoms with Crippen molar-refractivity contribution in [2.75, 3.05) is 12.3 Å². The molecule has 0 aromatic heterocycles.